The zero-order valence-electron chi connectivity index (χ0n) is 13.5. The van der Waals surface area contributed by atoms with E-state index in [2.05, 4.69) is 12.2 Å². The number of aromatic nitrogens is 1. The molecule has 1 heterocycles. The Morgan fingerprint density at radius 2 is 1.81 bits per heavy atom. The summed E-state index contributed by atoms with van der Waals surface area (Å²) in [6.07, 6.45) is 15.0. The minimum Gasteiger partial charge on any atom is -0.309 e. The van der Waals surface area contributed by atoms with Gasteiger partial charge in [0.15, 0.2) is 0 Å². The van der Waals surface area contributed by atoms with Crippen LogP contribution in [0.1, 0.15) is 98.7 Å². The minimum absolute atomic E-state index is 0.534. The number of nitrogens with zero attached hydrogens (tertiary/aromatic N) is 1. The maximum Gasteiger partial charge on any atom is 0.0962 e. The number of rotatable bonds is 4. The number of thiazole rings is 1. The Hall–Kier alpha value is -0.410. The lowest BCUT2D eigenvalue weighted by Gasteiger charge is -2.22. The first-order chi connectivity index (χ1) is 10.4. The van der Waals surface area contributed by atoms with Crippen LogP contribution in [0.15, 0.2) is 0 Å². The van der Waals surface area contributed by atoms with Crippen molar-refractivity contribution in [2.75, 3.05) is 6.54 Å². The third-order valence-corrected chi connectivity index (χ3v) is 6.36. The van der Waals surface area contributed by atoms with Crippen LogP contribution in [0.3, 0.4) is 0 Å². The second kappa shape index (κ2) is 7.73. The quantitative estimate of drug-likeness (QED) is 0.811. The smallest absolute Gasteiger partial charge is 0.0962 e. The molecule has 1 N–H and O–H groups in total. The first-order valence-corrected chi connectivity index (χ1v) is 9.93. The van der Waals surface area contributed by atoms with Crippen molar-refractivity contribution in [3.8, 4) is 0 Å². The first kappa shape index (κ1) is 15.5. The molecule has 1 aromatic rings. The molecule has 3 rings (SSSR count). The second-order valence-corrected chi connectivity index (χ2v) is 7.92. The van der Waals surface area contributed by atoms with Crippen LogP contribution in [0.2, 0.25) is 0 Å². The van der Waals surface area contributed by atoms with Crippen molar-refractivity contribution in [2.24, 2.45) is 0 Å². The van der Waals surface area contributed by atoms with Gasteiger partial charge in [0.05, 0.1) is 16.7 Å². The normalized spacial score (nSPS) is 24.3. The fourth-order valence-corrected chi connectivity index (χ4v) is 5.17. The molecular formula is C18H30N2S. The van der Waals surface area contributed by atoms with Gasteiger partial charge in [0.25, 0.3) is 0 Å². The molecule has 21 heavy (non-hydrogen) atoms. The minimum atomic E-state index is 0.534. The highest BCUT2D eigenvalue weighted by molar-refractivity contribution is 7.11. The topological polar surface area (TPSA) is 24.9 Å². The average molecular weight is 307 g/mol. The Kier molecular flexibility index (Phi) is 5.70. The molecule has 2 aliphatic rings. The zero-order valence-corrected chi connectivity index (χ0v) is 14.3. The van der Waals surface area contributed by atoms with Crippen LogP contribution in [0.4, 0.5) is 0 Å². The van der Waals surface area contributed by atoms with Gasteiger partial charge in [-0.1, -0.05) is 39.0 Å². The summed E-state index contributed by atoms with van der Waals surface area (Å²) < 4.78 is 0. The number of fused-ring (bicyclic) bond motifs is 1. The Morgan fingerprint density at radius 3 is 2.57 bits per heavy atom. The van der Waals surface area contributed by atoms with Gasteiger partial charge < -0.3 is 5.32 Å². The maximum atomic E-state index is 5.14. The van der Waals surface area contributed by atoms with Crippen LogP contribution in [0, 0.1) is 0 Å². The fraction of sp³-hybridized carbons (Fsp3) is 0.833. The summed E-state index contributed by atoms with van der Waals surface area (Å²) in [4.78, 5) is 6.73. The molecule has 1 aromatic heterocycles. The molecule has 1 unspecified atom stereocenters. The van der Waals surface area contributed by atoms with E-state index in [1.807, 2.05) is 11.3 Å². The van der Waals surface area contributed by atoms with Crippen LogP contribution < -0.4 is 5.32 Å². The second-order valence-electron chi connectivity index (χ2n) is 6.80. The molecule has 3 heteroatoms. The Bertz CT molecular complexity index is 432. The molecule has 0 radical (unpaired) electrons. The lowest BCUT2D eigenvalue weighted by Crippen LogP contribution is -2.25. The molecule has 1 fully saturated rings. The molecule has 1 saturated carbocycles. The van der Waals surface area contributed by atoms with Crippen molar-refractivity contribution < 1.29 is 0 Å². The van der Waals surface area contributed by atoms with Crippen molar-refractivity contribution in [1.29, 1.82) is 0 Å². The fourth-order valence-electron chi connectivity index (χ4n) is 3.83. The largest absolute Gasteiger partial charge is 0.309 e. The highest BCUT2D eigenvalue weighted by Gasteiger charge is 2.26. The van der Waals surface area contributed by atoms with Gasteiger partial charge in [0.2, 0.25) is 0 Å². The Morgan fingerprint density at radius 1 is 1.05 bits per heavy atom. The predicted molar refractivity (Wildman–Crippen MR) is 91.1 cm³/mol. The van der Waals surface area contributed by atoms with Crippen molar-refractivity contribution in [3.63, 3.8) is 0 Å². The van der Waals surface area contributed by atoms with Gasteiger partial charge in [-0.05, 0) is 45.1 Å². The molecule has 0 bridgehead atoms. The number of nitrogens with one attached hydrogen (secondary N) is 1. The molecule has 118 valence electrons. The number of aryl methyl sites for hydroxylation is 1. The van der Waals surface area contributed by atoms with Gasteiger partial charge in [-0.25, -0.2) is 4.98 Å². The summed E-state index contributed by atoms with van der Waals surface area (Å²) in [7, 11) is 0. The Labute approximate surface area is 133 Å². The van der Waals surface area contributed by atoms with E-state index in [1.54, 1.807) is 4.88 Å². The maximum absolute atomic E-state index is 5.14. The molecule has 0 aromatic carbocycles. The SMILES string of the molecule is CCCNC1CCCc2sc(C3CCCCCCC3)nc21. The van der Waals surface area contributed by atoms with E-state index in [0.29, 0.717) is 6.04 Å². The average Bonchev–Trinajstić information content (AvgIpc) is 2.89. The Balaban J connectivity index is 1.73. The predicted octanol–water partition coefficient (Wildman–Crippen LogP) is 5.35. The van der Waals surface area contributed by atoms with Gasteiger partial charge >= 0.3 is 0 Å². The number of hydrogen-bond acceptors (Lipinski definition) is 3. The van der Waals surface area contributed by atoms with E-state index >= 15 is 0 Å². The lowest BCUT2D eigenvalue weighted by atomic mass is 9.91. The number of hydrogen-bond donors (Lipinski definition) is 1. The summed E-state index contributed by atoms with van der Waals surface area (Å²) in [5.74, 6) is 0.757. The van der Waals surface area contributed by atoms with E-state index in [1.165, 1.54) is 81.3 Å². The van der Waals surface area contributed by atoms with Crippen molar-refractivity contribution in [2.45, 2.75) is 89.5 Å². The van der Waals surface area contributed by atoms with Crippen LogP contribution in [0.5, 0.6) is 0 Å². The zero-order chi connectivity index (χ0) is 14.5. The van der Waals surface area contributed by atoms with Gasteiger partial charge in [-0.3, -0.25) is 0 Å². The van der Waals surface area contributed by atoms with Crippen LogP contribution in [-0.2, 0) is 6.42 Å². The van der Waals surface area contributed by atoms with E-state index in [9.17, 15) is 0 Å². The van der Waals surface area contributed by atoms with E-state index in [4.69, 9.17) is 4.98 Å². The lowest BCUT2D eigenvalue weighted by molar-refractivity contribution is 0.441. The summed E-state index contributed by atoms with van der Waals surface area (Å²) in [5, 5.41) is 5.18. The van der Waals surface area contributed by atoms with Crippen LogP contribution in [0.25, 0.3) is 0 Å². The molecule has 0 aliphatic heterocycles. The third-order valence-electron chi connectivity index (χ3n) is 5.07. The highest BCUT2D eigenvalue weighted by atomic mass is 32.1. The molecule has 1 atom stereocenters. The summed E-state index contributed by atoms with van der Waals surface area (Å²) in [5.41, 5.74) is 1.41. The van der Waals surface area contributed by atoms with Gasteiger partial charge in [0.1, 0.15) is 0 Å². The summed E-state index contributed by atoms with van der Waals surface area (Å²) in [6, 6.07) is 0.534. The summed E-state index contributed by atoms with van der Waals surface area (Å²) in [6.45, 7) is 3.37. The van der Waals surface area contributed by atoms with Crippen LogP contribution in [-0.4, -0.2) is 11.5 Å². The molecule has 0 saturated heterocycles. The summed E-state index contributed by atoms with van der Waals surface area (Å²) >= 11 is 2.04. The van der Waals surface area contributed by atoms with Crippen molar-refractivity contribution >= 4 is 11.3 Å². The van der Waals surface area contributed by atoms with E-state index in [-0.39, 0.29) is 0 Å². The monoisotopic (exact) mass is 306 g/mol. The van der Waals surface area contributed by atoms with Gasteiger partial charge in [-0.15, -0.1) is 11.3 Å². The molecule has 2 nitrogen and oxygen atoms in total. The molecule has 0 amide bonds. The first-order valence-electron chi connectivity index (χ1n) is 9.11. The van der Waals surface area contributed by atoms with Crippen molar-refractivity contribution in [3.05, 3.63) is 15.6 Å². The van der Waals surface area contributed by atoms with Gasteiger partial charge in [-0.2, -0.15) is 0 Å². The van der Waals surface area contributed by atoms with E-state index < -0.39 is 0 Å². The van der Waals surface area contributed by atoms with Crippen molar-refractivity contribution in [1.82, 2.24) is 10.3 Å². The standard InChI is InChI=1S/C18H30N2S/c1-2-13-19-15-11-8-12-16-17(15)20-18(21-16)14-9-6-4-3-5-7-10-14/h14-15,19H,2-13H2,1H3. The molecule has 2 aliphatic carbocycles. The highest BCUT2D eigenvalue weighted by Crippen LogP contribution is 2.39. The van der Waals surface area contributed by atoms with Gasteiger partial charge in [0, 0.05) is 10.8 Å². The van der Waals surface area contributed by atoms with Crippen LogP contribution >= 0.6 is 11.3 Å². The third kappa shape index (κ3) is 3.87. The molecule has 0 spiro atoms. The van der Waals surface area contributed by atoms with E-state index in [0.717, 1.165) is 12.5 Å². The molecular weight excluding hydrogens is 276 g/mol.